The molecule has 0 saturated heterocycles. The Hall–Kier alpha value is -1.72. The number of anilines is 1. The van der Waals surface area contributed by atoms with Crippen LogP contribution in [0.5, 0.6) is 0 Å². The van der Waals surface area contributed by atoms with Gasteiger partial charge in [0.25, 0.3) is 0 Å². The van der Waals surface area contributed by atoms with Crippen molar-refractivity contribution in [2.75, 3.05) is 5.32 Å². The standard InChI is InChI=1S/C7H4F3NO2/c8-3-1-5(10)6(2-4(3)9)11-7(12)13/h1-2,11H,(H,12,13). The highest BCUT2D eigenvalue weighted by Gasteiger charge is 2.10. The maximum absolute atomic E-state index is 12.7. The fraction of sp³-hybridized carbons (Fsp3) is 0. The molecule has 6 heteroatoms. The molecule has 1 aromatic rings. The summed E-state index contributed by atoms with van der Waals surface area (Å²) in [5.74, 6) is -3.85. The molecule has 0 aliphatic heterocycles. The van der Waals surface area contributed by atoms with Gasteiger partial charge in [-0.25, -0.2) is 18.0 Å². The number of hydrogen-bond donors (Lipinski definition) is 2. The Morgan fingerprint density at radius 1 is 1.15 bits per heavy atom. The van der Waals surface area contributed by atoms with Gasteiger partial charge in [-0.3, -0.25) is 5.32 Å². The highest BCUT2D eigenvalue weighted by molar-refractivity contribution is 5.82. The third-order valence-electron chi connectivity index (χ3n) is 1.25. The van der Waals surface area contributed by atoms with Crippen LogP contribution in [-0.2, 0) is 0 Å². The monoisotopic (exact) mass is 191 g/mol. The van der Waals surface area contributed by atoms with Crippen molar-refractivity contribution in [3.05, 3.63) is 29.6 Å². The highest BCUT2D eigenvalue weighted by atomic mass is 19.2. The lowest BCUT2D eigenvalue weighted by Crippen LogP contribution is -2.09. The quantitative estimate of drug-likeness (QED) is 0.668. The summed E-state index contributed by atoms with van der Waals surface area (Å²) in [6.45, 7) is 0. The number of amides is 1. The number of benzene rings is 1. The van der Waals surface area contributed by atoms with Crippen molar-refractivity contribution in [2.24, 2.45) is 0 Å². The van der Waals surface area contributed by atoms with Crippen molar-refractivity contribution >= 4 is 11.8 Å². The van der Waals surface area contributed by atoms with Crippen LogP contribution in [-0.4, -0.2) is 11.2 Å². The molecule has 0 unspecified atom stereocenters. The van der Waals surface area contributed by atoms with Crippen LogP contribution >= 0.6 is 0 Å². The minimum Gasteiger partial charge on any atom is -0.465 e. The summed E-state index contributed by atoms with van der Waals surface area (Å²) in [6, 6.07) is 0.694. The van der Waals surface area contributed by atoms with E-state index in [1.807, 2.05) is 0 Å². The second-order valence-electron chi connectivity index (χ2n) is 2.18. The number of carbonyl (C=O) groups is 1. The van der Waals surface area contributed by atoms with Crippen LogP contribution < -0.4 is 5.32 Å². The minimum absolute atomic E-state index is 0.264. The number of hydrogen-bond acceptors (Lipinski definition) is 1. The fourth-order valence-electron chi connectivity index (χ4n) is 0.734. The Kier molecular flexibility index (Phi) is 2.41. The molecule has 1 rings (SSSR count). The average Bonchev–Trinajstić information content (AvgIpc) is 1.99. The topological polar surface area (TPSA) is 49.3 Å². The van der Waals surface area contributed by atoms with E-state index < -0.39 is 29.2 Å². The van der Waals surface area contributed by atoms with Crippen molar-refractivity contribution in [2.45, 2.75) is 0 Å². The lowest BCUT2D eigenvalue weighted by atomic mass is 10.3. The number of carboxylic acid groups (broad SMARTS) is 1. The summed E-state index contributed by atoms with van der Waals surface area (Å²) < 4.78 is 37.4. The maximum atomic E-state index is 12.7. The van der Waals surface area contributed by atoms with Crippen molar-refractivity contribution in [3.63, 3.8) is 0 Å². The first-order valence-corrected chi connectivity index (χ1v) is 3.15. The number of halogens is 3. The smallest absolute Gasteiger partial charge is 0.409 e. The summed E-state index contributed by atoms with van der Waals surface area (Å²) in [5, 5.41) is 9.73. The van der Waals surface area contributed by atoms with E-state index >= 15 is 0 Å². The molecule has 1 aromatic carbocycles. The summed E-state index contributed by atoms with van der Waals surface area (Å²) in [7, 11) is 0. The van der Waals surface area contributed by atoms with Crippen molar-refractivity contribution in [3.8, 4) is 0 Å². The first kappa shape index (κ1) is 9.37. The van der Waals surface area contributed by atoms with E-state index in [1.54, 1.807) is 5.32 Å². The van der Waals surface area contributed by atoms with Gasteiger partial charge in [-0.15, -0.1) is 0 Å². The predicted molar refractivity (Wildman–Crippen MR) is 38.0 cm³/mol. The third kappa shape index (κ3) is 2.11. The van der Waals surface area contributed by atoms with Gasteiger partial charge < -0.3 is 5.11 Å². The van der Waals surface area contributed by atoms with E-state index in [0.29, 0.717) is 6.07 Å². The van der Waals surface area contributed by atoms with Crippen LogP contribution in [0.4, 0.5) is 23.7 Å². The Bertz CT molecular complexity index is 354. The molecule has 0 fully saturated rings. The SMILES string of the molecule is O=C(O)Nc1cc(F)c(F)cc1F. The Balaban J connectivity index is 3.08. The molecule has 1 amide bonds. The van der Waals surface area contributed by atoms with Gasteiger partial charge in [0.05, 0.1) is 5.69 Å². The lowest BCUT2D eigenvalue weighted by molar-refractivity contribution is 0.209. The molecule has 0 spiro atoms. The van der Waals surface area contributed by atoms with Crippen LogP contribution in [0.15, 0.2) is 12.1 Å². The molecule has 0 radical (unpaired) electrons. The summed E-state index contributed by atoms with van der Waals surface area (Å²) in [5.41, 5.74) is -0.619. The second-order valence-corrected chi connectivity index (χ2v) is 2.18. The van der Waals surface area contributed by atoms with Gasteiger partial charge in [0.2, 0.25) is 0 Å². The third-order valence-corrected chi connectivity index (χ3v) is 1.25. The van der Waals surface area contributed by atoms with E-state index in [-0.39, 0.29) is 6.07 Å². The fourth-order valence-corrected chi connectivity index (χ4v) is 0.734. The molecular weight excluding hydrogens is 187 g/mol. The minimum atomic E-state index is -1.55. The maximum Gasteiger partial charge on any atom is 0.409 e. The van der Waals surface area contributed by atoms with Gasteiger partial charge in [0.15, 0.2) is 11.6 Å². The normalized spacial score (nSPS) is 9.77. The van der Waals surface area contributed by atoms with Crippen LogP contribution in [0, 0.1) is 17.5 Å². The molecule has 2 N–H and O–H groups in total. The number of nitrogens with one attached hydrogen (secondary N) is 1. The van der Waals surface area contributed by atoms with Crippen molar-refractivity contribution in [1.82, 2.24) is 0 Å². The zero-order valence-electron chi connectivity index (χ0n) is 6.14. The Labute approximate surface area is 70.8 Å². The lowest BCUT2D eigenvalue weighted by Gasteiger charge is -2.02. The molecular formula is C7H4F3NO2. The Morgan fingerprint density at radius 2 is 1.69 bits per heavy atom. The molecule has 0 saturated carbocycles. The van der Waals surface area contributed by atoms with E-state index in [9.17, 15) is 18.0 Å². The van der Waals surface area contributed by atoms with Gasteiger partial charge in [0.1, 0.15) is 5.82 Å². The van der Waals surface area contributed by atoms with E-state index in [4.69, 9.17) is 5.11 Å². The van der Waals surface area contributed by atoms with E-state index in [1.165, 1.54) is 0 Å². The van der Waals surface area contributed by atoms with E-state index in [0.717, 1.165) is 0 Å². The second kappa shape index (κ2) is 3.34. The van der Waals surface area contributed by atoms with Gasteiger partial charge in [0, 0.05) is 12.1 Å². The molecule has 70 valence electrons. The molecule has 0 atom stereocenters. The summed E-state index contributed by atoms with van der Waals surface area (Å²) in [4.78, 5) is 10.0. The van der Waals surface area contributed by atoms with Crippen LogP contribution in [0.1, 0.15) is 0 Å². The van der Waals surface area contributed by atoms with Crippen LogP contribution in [0.25, 0.3) is 0 Å². The largest absolute Gasteiger partial charge is 0.465 e. The van der Waals surface area contributed by atoms with Gasteiger partial charge >= 0.3 is 6.09 Å². The molecule has 0 aliphatic rings. The van der Waals surface area contributed by atoms with Crippen LogP contribution in [0.2, 0.25) is 0 Å². The molecule has 3 nitrogen and oxygen atoms in total. The molecule has 0 heterocycles. The first-order valence-electron chi connectivity index (χ1n) is 3.15. The average molecular weight is 191 g/mol. The molecule has 13 heavy (non-hydrogen) atoms. The number of rotatable bonds is 1. The zero-order valence-corrected chi connectivity index (χ0v) is 6.14. The first-order chi connectivity index (χ1) is 6.00. The summed E-state index contributed by atoms with van der Waals surface area (Å²) in [6.07, 6.45) is -1.55. The van der Waals surface area contributed by atoms with Gasteiger partial charge in [-0.1, -0.05) is 0 Å². The van der Waals surface area contributed by atoms with Crippen molar-refractivity contribution < 1.29 is 23.1 Å². The highest BCUT2D eigenvalue weighted by Crippen LogP contribution is 2.17. The van der Waals surface area contributed by atoms with Crippen LogP contribution in [0.3, 0.4) is 0 Å². The molecule has 0 aliphatic carbocycles. The summed E-state index contributed by atoms with van der Waals surface area (Å²) >= 11 is 0. The predicted octanol–water partition coefficient (Wildman–Crippen LogP) is 2.19. The van der Waals surface area contributed by atoms with Gasteiger partial charge in [-0.2, -0.15) is 0 Å². The Morgan fingerprint density at radius 3 is 2.23 bits per heavy atom. The molecule has 0 bridgehead atoms. The van der Waals surface area contributed by atoms with Crippen molar-refractivity contribution in [1.29, 1.82) is 0 Å². The zero-order chi connectivity index (χ0) is 10.0. The van der Waals surface area contributed by atoms with E-state index in [2.05, 4.69) is 0 Å². The van der Waals surface area contributed by atoms with Gasteiger partial charge in [-0.05, 0) is 0 Å². The molecule has 0 aromatic heterocycles.